The standard InChI is InChI=1S/C40H43FN2O8/c1-42-14-12-27-20-36(48-5)39(49-23-41)40-38(27)30(42)16-25-8-11-32(46-3)34(18-25)50-28-9-6-24(7-10-28)17-31-29-21-35(51-40)33(47-4)19-26(29)13-15-43(31,2)22-37(44)45/h6-11,18-21,30-31H,12-17,22-23H2,1-5H3/p+1. The Morgan fingerprint density at radius 2 is 1.59 bits per heavy atom. The van der Waals surface area contributed by atoms with Gasteiger partial charge in [-0.3, -0.25) is 4.90 Å². The summed E-state index contributed by atoms with van der Waals surface area (Å²) in [5.41, 5.74) is 5.95. The van der Waals surface area contributed by atoms with Crippen LogP contribution in [0.5, 0.6) is 46.0 Å². The van der Waals surface area contributed by atoms with E-state index in [1.165, 1.54) is 7.11 Å². The van der Waals surface area contributed by atoms with Crippen LogP contribution in [0.1, 0.15) is 45.5 Å². The first-order valence-electron chi connectivity index (χ1n) is 17.2. The number of aliphatic carboxylic acids is 1. The Balaban J connectivity index is 1.49. The smallest absolute Gasteiger partial charge is 0.359 e. The van der Waals surface area contributed by atoms with Gasteiger partial charge < -0.3 is 38.0 Å². The van der Waals surface area contributed by atoms with Crippen molar-refractivity contribution in [3.05, 3.63) is 94.0 Å². The summed E-state index contributed by atoms with van der Waals surface area (Å²) in [5.74, 6) is 2.80. The Morgan fingerprint density at radius 3 is 2.29 bits per heavy atom. The lowest BCUT2D eigenvalue weighted by Gasteiger charge is -2.45. The van der Waals surface area contributed by atoms with E-state index in [1.54, 1.807) is 14.2 Å². The van der Waals surface area contributed by atoms with E-state index in [2.05, 4.69) is 11.9 Å². The number of carbonyl (C=O) groups is 1. The number of alkyl halides is 1. The van der Waals surface area contributed by atoms with Crippen LogP contribution >= 0.6 is 0 Å². The highest BCUT2D eigenvalue weighted by molar-refractivity contribution is 5.68. The van der Waals surface area contributed by atoms with Gasteiger partial charge in [-0.25, -0.2) is 9.18 Å². The number of hydrogen-bond acceptors (Lipinski definition) is 8. The number of hydrogen-bond donors (Lipinski definition) is 1. The number of rotatable bonds is 7. The zero-order valence-corrected chi connectivity index (χ0v) is 29.7. The van der Waals surface area contributed by atoms with E-state index >= 15 is 0 Å². The number of ether oxygens (including phenoxy) is 6. The zero-order chi connectivity index (χ0) is 35.9. The van der Waals surface area contributed by atoms with Gasteiger partial charge in [-0.15, -0.1) is 0 Å². The molecule has 0 amide bonds. The fourth-order valence-electron chi connectivity index (χ4n) is 8.01. The van der Waals surface area contributed by atoms with Gasteiger partial charge in [0.2, 0.25) is 12.6 Å². The lowest BCUT2D eigenvalue weighted by atomic mass is 9.86. The van der Waals surface area contributed by atoms with Crippen molar-refractivity contribution in [3.63, 3.8) is 0 Å². The van der Waals surface area contributed by atoms with E-state index in [0.29, 0.717) is 77.0 Å². The average Bonchev–Trinajstić information content (AvgIpc) is 3.11. The third kappa shape index (κ3) is 6.52. The first-order valence-corrected chi connectivity index (χ1v) is 17.2. The van der Waals surface area contributed by atoms with Gasteiger partial charge in [-0.1, -0.05) is 18.2 Å². The highest BCUT2D eigenvalue weighted by Crippen LogP contribution is 2.52. The maximum Gasteiger partial charge on any atom is 0.359 e. The average molecular weight is 700 g/mol. The molecule has 0 spiro atoms. The van der Waals surface area contributed by atoms with Gasteiger partial charge in [0.05, 0.1) is 34.9 Å². The highest BCUT2D eigenvalue weighted by atomic mass is 19.1. The molecule has 0 fully saturated rings. The van der Waals surface area contributed by atoms with Gasteiger partial charge in [0.15, 0.2) is 41.0 Å². The van der Waals surface area contributed by atoms with Crippen LogP contribution in [0.15, 0.2) is 60.7 Å². The summed E-state index contributed by atoms with van der Waals surface area (Å²) >= 11 is 0. The van der Waals surface area contributed by atoms with Crippen molar-refractivity contribution in [1.29, 1.82) is 0 Å². The van der Waals surface area contributed by atoms with E-state index < -0.39 is 12.8 Å². The summed E-state index contributed by atoms with van der Waals surface area (Å²) in [5, 5.41) is 10.1. The number of halogens is 1. The van der Waals surface area contributed by atoms with Crippen LogP contribution in [0.2, 0.25) is 0 Å². The minimum Gasteiger partial charge on any atom is -0.493 e. The third-order valence-corrected chi connectivity index (χ3v) is 10.7. The molecule has 8 rings (SSSR count). The number of carboxylic acids is 1. The van der Waals surface area contributed by atoms with Crippen molar-refractivity contribution in [2.24, 2.45) is 0 Å². The van der Waals surface area contributed by atoms with E-state index in [0.717, 1.165) is 39.9 Å². The van der Waals surface area contributed by atoms with Gasteiger partial charge in [0, 0.05) is 36.6 Å². The molecule has 51 heavy (non-hydrogen) atoms. The van der Waals surface area contributed by atoms with Crippen LogP contribution in [-0.4, -0.2) is 82.4 Å². The number of fused-ring (bicyclic) bond motifs is 2. The molecule has 3 unspecified atom stereocenters. The molecule has 4 aromatic rings. The first-order chi connectivity index (χ1) is 24.6. The molecule has 0 aromatic heterocycles. The highest BCUT2D eigenvalue weighted by Gasteiger charge is 2.42. The minimum atomic E-state index is -1.09. The van der Waals surface area contributed by atoms with Crippen molar-refractivity contribution in [2.45, 2.75) is 37.8 Å². The maximum absolute atomic E-state index is 14.2. The molecule has 268 valence electrons. The Kier molecular flexibility index (Phi) is 9.43. The van der Waals surface area contributed by atoms with Crippen LogP contribution in [0, 0.1) is 0 Å². The second kappa shape index (κ2) is 14.0. The SMILES string of the molecule is COc1ccc2cc1Oc1ccc(cc1)CC1c3cc(c(OC)cc3CC[N+]1(C)CC(=O)O)Oc1c(OCF)c(OC)cc3c1C(C2)N(C)CC3. The van der Waals surface area contributed by atoms with Crippen LogP contribution in [0.4, 0.5) is 4.39 Å². The van der Waals surface area contributed by atoms with Crippen molar-refractivity contribution < 1.29 is 47.2 Å². The number of methoxy groups -OCH3 is 3. The van der Waals surface area contributed by atoms with Gasteiger partial charge in [0.1, 0.15) is 11.8 Å². The number of carboxylic acid groups (broad SMARTS) is 1. The molecule has 10 nitrogen and oxygen atoms in total. The molecule has 11 heteroatoms. The first kappa shape index (κ1) is 34.4. The molecule has 1 N–H and O–H groups in total. The fraction of sp³-hybridized carbons (Fsp3) is 0.375. The van der Waals surface area contributed by atoms with Gasteiger partial charge in [-0.2, -0.15) is 0 Å². The monoisotopic (exact) mass is 699 g/mol. The molecule has 0 aliphatic carbocycles. The van der Waals surface area contributed by atoms with E-state index in [4.69, 9.17) is 28.4 Å². The Hall–Kier alpha value is -5.00. The molecular formula is C40H44FN2O8+. The fourth-order valence-corrected chi connectivity index (χ4v) is 8.01. The lowest BCUT2D eigenvalue weighted by Crippen LogP contribution is -2.54. The summed E-state index contributed by atoms with van der Waals surface area (Å²) in [6.45, 7) is 0.281. The molecule has 0 radical (unpaired) electrons. The van der Waals surface area contributed by atoms with Crippen LogP contribution in [-0.2, 0) is 30.5 Å². The molecule has 0 saturated heterocycles. The van der Waals surface area contributed by atoms with Crippen molar-refractivity contribution >= 4 is 5.97 Å². The van der Waals surface area contributed by atoms with Crippen LogP contribution < -0.4 is 28.4 Å². The predicted octanol–water partition coefficient (Wildman–Crippen LogP) is 7.06. The van der Waals surface area contributed by atoms with E-state index in [1.807, 2.05) is 67.7 Å². The molecule has 4 aliphatic rings. The second-order valence-corrected chi connectivity index (χ2v) is 13.8. The Morgan fingerprint density at radius 1 is 0.882 bits per heavy atom. The van der Waals surface area contributed by atoms with Gasteiger partial charge in [-0.05, 0) is 84.6 Å². The Labute approximate surface area is 297 Å². The number of quaternary nitrogens is 1. The summed E-state index contributed by atoms with van der Waals surface area (Å²) in [6, 6.07) is 19.3. The van der Waals surface area contributed by atoms with Crippen molar-refractivity contribution in [1.82, 2.24) is 4.90 Å². The zero-order valence-electron chi connectivity index (χ0n) is 29.7. The molecule has 0 saturated carbocycles. The minimum absolute atomic E-state index is 0.0461. The summed E-state index contributed by atoms with van der Waals surface area (Å²) in [4.78, 5) is 14.5. The number of likely N-dealkylation sites (N-methyl/N-ethyl adjacent to an activating group) is 2. The summed E-state index contributed by atoms with van der Waals surface area (Å²) in [6.07, 6.45) is 2.52. The normalized spacial score (nSPS) is 20.9. The molecule has 3 atom stereocenters. The maximum atomic E-state index is 14.2. The second-order valence-electron chi connectivity index (χ2n) is 13.8. The molecular weight excluding hydrogens is 655 g/mol. The van der Waals surface area contributed by atoms with Gasteiger partial charge >= 0.3 is 5.97 Å². The third-order valence-electron chi connectivity index (χ3n) is 10.7. The quantitative estimate of drug-likeness (QED) is 0.204. The number of benzene rings is 4. The molecule has 4 aliphatic heterocycles. The molecule has 4 aromatic carbocycles. The Bertz CT molecular complexity index is 1950. The van der Waals surface area contributed by atoms with E-state index in [9.17, 15) is 14.3 Å². The van der Waals surface area contributed by atoms with Gasteiger partial charge in [0.25, 0.3) is 0 Å². The number of nitrogens with zero attached hydrogens (tertiary/aromatic N) is 2. The summed E-state index contributed by atoms with van der Waals surface area (Å²) in [7, 11) is 8.81. The van der Waals surface area contributed by atoms with Crippen LogP contribution in [0.3, 0.4) is 0 Å². The lowest BCUT2D eigenvalue weighted by molar-refractivity contribution is -0.934. The topological polar surface area (TPSA) is 95.9 Å². The predicted molar refractivity (Wildman–Crippen MR) is 189 cm³/mol. The van der Waals surface area contributed by atoms with Crippen LogP contribution in [0.25, 0.3) is 0 Å². The van der Waals surface area contributed by atoms with E-state index in [-0.39, 0.29) is 24.4 Å². The van der Waals surface area contributed by atoms with Crippen molar-refractivity contribution in [2.75, 3.05) is 61.9 Å². The largest absolute Gasteiger partial charge is 0.493 e. The summed E-state index contributed by atoms with van der Waals surface area (Å²) < 4.78 is 50.9. The molecule has 6 bridgehead atoms. The molecule has 4 heterocycles. The van der Waals surface area contributed by atoms with Crippen molar-refractivity contribution in [3.8, 4) is 46.0 Å².